The van der Waals surface area contributed by atoms with E-state index in [0.29, 0.717) is 4.88 Å². The molecule has 1 aliphatic rings. The number of thiophene rings is 1. The summed E-state index contributed by atoms with van der Waals surface area (Å²) in [5.41, 5.74) is -0.294. The summed E-state index contributed by atoms with van der Waals surface area (Å²) in [5, 5.41) is 2.77. The number of carbonyl (C=O) groups is 1. The molecule has 0 aliphatic carbocycles. The lowest BCUT2D eigenvalue weighted by Gasteiger charge is -2.28. The second kappa shape index (κ2) is 8.78. The molecule has 5 nitrogen and oxygen atoms in total. The highest BCUT2D eigenvalue weighted by Gasteiger charge is 2.59. The van der Waals surface area contributed by atoms with Crippen molar-refractivity contribution < 1.29 is 27.5 Å². The molecule has 2 heterocycles. The first-order valence-electron chi connectivity index (χ1n) is 9.47. The minimum Gasteiger partial charge on any atom is -0.444 e. The fourth-order valence-electron chi connectivity index (χ4n) is 3.03. The highest BCUT2D eigenvalue weighted by atomic mass is 35.5. The van der Waals surface area contributed by atoms with Gasteiger partial charge in [0.25, 0.3) is 0 Å². The molecule has 32 heavy (non-hydrogen) atoms. The van der Waals surface area contributed by atoms with Gasteiger partial charge in [0.2, 0.25) is 5.60 Å². The Labute approximate surface area is 197 Å². The molecule has 1 aromatic heterocycles. The number of hydroxylamine groups is 1. The van der Waals surface area contributed by atoms with Crippen molar-refractivity contribution in [3.05, 3.63) is 61.3 Å². The number of benzene rings is 1. The summed E-state index contributed by atoms with van der Waals surface area (Å²) < 4.78 is 47.6. The quantitative estimate of drug-likeness (QED) is 0.481. The van der Waals surface area contributed by atoms with Crippen molar-refractivity contribution in [1.29, 1.82) is 0 Å². The zero-order valence-electron chi connectivity index (χ0n) is 17.6. The lowest BCUT2D eigenvalue weighted by molar-refractivity contribution is -0.269. The van der Waals surface area contributed by atoms with Gasteiger partial charge in [-0.1, -0.05) is 23.2 Å². The Morgan fingerprint density at radius 1 is 1.19 bits per heavy atom. The van der Waals surface area contributed by atoms with Crippen LogP contribution in [0.1, 0.15) is 41.7 Å². The number of carbonyl (C=O) groups excluding carboxylic acids is 1. The van der Waals surface area contributed by atoms with Gasteiger partial charge < -0.3 is 10.1 Å². The molecule has 2 aromatic rings. The van der Waals surface area contributed by atoms with Crippen LogP contribution in [0.5, 0.6) is 0 Å². The zero-order chi connectivity index (χ0) is 23.9. The van der Waals surface area contributed by atoms with Gasteiger partial charge in [0.1, 0.15) is 5.60 Å². The Kier molecular flexibility index (Phi) is 6.77. The van der Waals surface area contributed by atoms with Gasteiger partial charge in [-0.15, -0.1) is 11.3 Å². The van der Waals surface area contributed by atoms with Crippen LogP contribution in [-0.4, -0.2) is 17.9 Å². The number of alkyl halides is 3. The van der Waals surface area contributed by atoms with Crippen molar-refractivity contribution in [2.75, 3.05) is 0 Å². The number of hydrogen-bond donors (Lipinski definition) is 2. The number of nitrogens with one attached hydrogen (secondary N) is 2. The number of amides is 1. The van der Waals surface area contributed by atoms with Crippen LogP contribution < -0.4 is 10.8 Å². The van der Waals surface area contributed by atoms with Crippen LogP contribution in [0.15, 0.2) is 30.3 Å². The Hall–Kier alpha value is -1.94. The van der Waals surface area contributed by atoms with Gasteiger partial charge in [0.05, 0.1) is 17.1 Å². The van der Waals surface area contributed by atoms with E-state index in [0.717, 1.165) is 28.6 Å². The maximum Gasteiger partial charge on any atom is 0.428 e. The molecule has 1 aromatic carbocycles. The predicted molar refractivity (Wildman–Crippen MR) is 119 cm³/mol. The maximum absolute atomic E-state index is 14.1. The van der Waals surface area contributed by atoms with Crippen molar-refractivity contribution in [3.63, 3.8) is 0 Å². The molecule has 1 aliphatic heterocycles. The van der Waals surface area contributed by atoms with Crippen LogP contribution in [0.2, 0.25) is 10.0 Å². The SMILES string of the molecule is Cc1cc(C2=CC(c3cc(Cl)cc(Cl)c3)(C(F)(F)F)ON2)sc1CNC(=O)OC(C)(C)C. The summed E-state index contributed by atoms with van der Waals surface area (Å²) in [6, 6.07) is 5.39. The standard InChI is InChI=1S/C21H21Cl2F3N2O3S/c1-11-5-16(32-17(11)10-27-18(29)30-19(2,3)4)15-9-20(31-28-15,21(24,25)26)12-6-13(22)8-14(23)7-12/h5-9,28H,10H2,1-4H3,(H,27,29). The third-order valence-electron chi connectivity index (χ3n) is 4.46. The normalized spacial score (nSPS) is 18.8. The molecule has 0 fully saturated rings. The first kappa shape index (κ1) is 24.7. The van der Waals surface area contributed by atoms with Crippen LogP contribution in [-0.2, 0) is 21.7 Å². The van der Waals surface area contributed by atoms with E-state index < -0.39 is 23.5 Å². The molecule has 0 spiro atoms. The highest BCUT2D eigenvalue weighted by molar-refractivity contribution is 7.13. The molecular weight excluding hydrogens is 488 g/mol. The third kappa shape index (κ3) is 5.33. The molecule has 1 unspecified atom stereocenters. The van der Waals surface area contributed by atoms with Crippen LogP contribution >= 0.6 is 34.5 Å². The molecule has 1 amide bonds. The van der Waals surface area contributed by atoms with E-state index in [1.165, 1.54) is 17.4 Å². The summed E-state index contributed by atoms with van der Waals surface area (Å²) >= 11 is 13.1. The van der Waals surface area contributed by atoms with Crippen LogP contribution in [0.25, 0.3) is 5.70 Å². The van der Waals surface area contributed by atoms with E-state index in [9.17, 15) is 18.0 Å². The average molecular weight is 509 g/mol. The largest absolute Gasteiger partial charge is 0.444 e. The number of ether oxygens (including phenoxy) is 1. The monoisotopic (exact) mass is 508 g/mol. The predicted octanol–water partition coefficient (Wildman–Crippen LogP) is 6.72. The smallest absolute Gasteiger partial charge is 0.428 e. The molecule has 3 rings (SSSR count). The Bertz CT molecular complexity index is 1040. The average Bonchev–Trinajstić information content (AvgIpc) is 3.22. The Morgan fingerprint density at radius 3 is 2.38 bits per heavy atom. The van der Waals surface area contributed by atoms with Gasteiger partial charge in [0, 0.05) is 20.5 Å². The molecule has 0 saturated carbocycles. The topological polar surface area (TPSA) is 59.6 Å². The van der Waals surface area contributed by atoms with E-state index in [4.69, 9.17) is 32.8 Å². The van der Waals surface area contributed by atoms with Crippen LogP contribution in [0, 0.1) is 6.92 Å². The molecule has 174 valence electrons. The number of hydrogen-bond acceptors (Lipinski definition) is 5. The number of rotatable bonds is 4. The molecule has 0 saturated heterocycles. The van der Waals surface area contributed by atoms with E-state index >= 15 is 0 Å². The van der Waals surface area contributed by atoms with Crippen LogP contribution in [0.4, 0.5) is 18.0 Å². The van der Waals surface area contributed by atoms with Crippen molar-refractivity contribution >= 4 is 46.3 Å². The lowest BCUT2D eigenvalue weighted by Crippen LogP contribution is -2.42. The van der Waals surface area contributed by atoms with E-state index in [-0.39, 0.29) is 27.9 Å². The maximum atomic E-state index is 14.1. The second-order valence-electron chi connectivity index (χ2n) is 8.23. The van der Waals surface area contributed by atoms with Crippen molar-refractivity contribution in [1.82, 2.24) is 10.8 Å². The number of halogens is 5. The second-order valence-corrected chi connectivity index (χ2v) is 10.2. The van der Waals surface area contributed by atoms with E-state index in [1.807, 2.05) is 0 Å². The zero-order valence-corrected chi connectivity index (χ0v) is 19.9. The Morgan fingerprint density at radius 2 is 1.81 bits per heavy atom. The van der Waals surface area contributed by atoms with Gasteiger partial charge in [-0.2, -0.15) is 13.2 Å². The summed E-state index contributed by atoms with van der Waals surface area (Å²) in [5.74, 6) is 0. The summed E-state index contributed by atoms with van der Waals surface area (Å²) in [4.78, 5) is 18.3. The minimum absolute atomic E-state index is 0.0593. The fraction of sp³-hybridized carbons (Fsp3) is 0.381. The first-order valence-corrected chi connectivity index (χ1v) is 11.0. The molecule has 0 radical (unpaired) electrons. The lowest BCUT2D eigenvalue weighted by atomic mass is 9.92. The van der Waals surface area contributed by atoms with Gasteiger partial charge >= 0.3 is 12.3 Å². The fourth-order valence-corrected chi connectivity index (χ4v) is 4.63. The first-order chi connectivity index (χ1) is 14.7. The van der Waals surface area contributed by atoms with Crippen molar-refractivity contribution in [2.24, 2.45) is 0 Å². The summed E-state index contributed by atoms with van der Waals surface area (Å²) in [6.07, 6.45) is -4.41. The summed E-state index contributed by atoms with van der Waals surface area (Å²) in [6.45, 7) is 7.22. The Balaban J connectivity index is 1.89. The van der Waals surface area contributed by atoms with Gasteiger partial charge in [0.15, 0.2) is 0 Å². The molecule has 0 bridgehead atoms. The molecule has 1 atom stereocenters. The van der Waals surface area contributed by atoms with Gasteiger partial charge in [-0.05, 0) is 63.6 Å². The molecule has 2 N–H and O–H groups in total. The van der Waals surface area contributed by atoms with Gasteiger partial charge in [-0.3, -0.25) is 10.3 Å². The van der Waals surface area contributed by atoms with E-state index in [2.05, 4.69) is 10.8 Å². The van der Waals surface area contributed by atoms with Gasteiger partial charge in [-0.25, -0.2) is 4.79 Å². The molecule has 11 heteroatoms. The van der Waals surface area contributed by atoms with Crippen LogP contribution in [0.3, 0.4) is 0 Å². The van der Waals surface area contributed by atoms with E-state index in [1.54, 1.807) is 33.8 Å². The van der Waals surface area contributed by atoms with Crippen molar-refractivity contribution in [3.8, 4) is 0 Å². The van der Waals surface area contributed by atoms with Crippen molar-refractivity contribution in [2.45, 2.75) is 51.6 Å². The summed E-state index contributed by atoms with van der Waals surface area (Å²) in [7, 11) is 0. The highest BCUT2D eigenvalue weighted by Crippen LogP contribution is 2.48. The molecular formula is C21H21Cl2F3N2O3S. The minimum atomic E-state index is -4.79. The third-order valence-corrected chi connectivity index (χ3v) is 6.17. The number of aryl methyl sites for hydroxylation is 1. The number of alkyl carbamates (subject to hydrolysis) is 1.